The Labute approximate surface area is 159 Å². The minimum atomic E-state index is -0.0782. The zero-order chi connectivity index (χ0) is 18.5. The first kappa shape index (κ1) is 18.3. The van der Waals surface area contributed by atoms with Crippen LogP contribution in [0.1, 0.15) is 17.8 Å². The Morgan fingerprint density at radius 2 is 2.31 bits per heavy atom. The van der Waals surface area contributed by atoms with Crippen LogP contribution in [0.2, 0.25) is 0 Å². The molecular weight excluding hydrogens is 372 g/mol. The van der Waals surface area contributed by atoms with E-state index in [1.807, 2.05) is 11.5 Å². The maximum atomic E-state index is 12.3. The summed E-state index contributed by atoms with van der Waals surface area (Å²) in [6, 6.07) is 0. The predicted octanol–water partition coefficient (Wildman–Crippen LogP) is 2.56. The summed E-state index contributed by atoms with van der Waals surface area (Å²) in [5.74, 6) is 2.99. The van der Waals surface area contributed by atoms with Gasteiger partial charge in [-0.3, -0.25) is 9.59 Å². The number of ether oxygens (including phenoxy) is 1. The topological polar surface area (TPSA) is 70.4 Å². The van der Waals surface area contributed by atoms with Crippen LogP contribution in [0.3, 0.4) is 0 Å². The highest BCUT2D eigenvalue weighted by molar-refractivity contribution is 7.09. The summed E-state index contributed by atoms with van der Waals surface area (Å²) in [6.45, 7) is 0. The number of carbonyl (C=O) groups is 2. The van der Waals surface area contributed by atoms with Gasteiger partial charge in [-0.25, -0.2) is 4.98 Å². The molecule has 3 rings (SSSR count). The SMILES string of the molecule is COC1=C=[N+]=C(Cl)C=C1C1=CC(CCc2nccs2)CC(=O)C=C1C=O. The number of ketones is 1. The molecule has 7 heteroatoms. The molecular formula is C19H16ClN2O3S+. The first-order chi connectivity index (χ1) is 12.6. The van der Waals surface area contributed by atoms with Crippen molar-refractivity contribution in [1.29, 1.82) is 0 Å². The second kappa shape index (κ2) is 8.26. The van der Waals surface area contributed by atoms with Crippen LogP contribution in [0.15, 0.2) is 52.3 Å². The maximum Gasteiger partial charge on any atom is 0.410 e. The molecule has 1 atom stereocenters. The van der Waals surface area contributed by atoms with E-state index in [-0.39, 0.29) is 16.9 Å². The van der Waals surface area contributed by atoms with E-state index in [0.717, 1.165) is 17.8 Å². The Kier molecular flexibility index (Phi) is 5.82. The molecule has 0 radical (unpaired) electrons. The third kappa shape index (κ3) is 4.18. The van der Waals surface area contributed by atoms with Gasteiger partial charge in [-0.2, -0.15) is 0 Å². The second-order valence-corrected chi connectivity index (χ2v) is 7.20. The van der Waals surface area contributed by atoms with Gasteiger partial charge in [0.15, 0.2) is 12.1 Å². The molecule has 0 saturated heterocycles. The van der Waals surface area contributed by atoms with Crippen molar-refractivity contribution >= 4 is 46.0 Å². The first-order valence-electron chi connectivity index (χ1n) is 8.03. The highest BCUT2D eigenvalue weighted by Gasteiger charge is 2.27. The summed E-state index contributed by atoms with van der Waals surface area (Å²) >= 11 is 7.60. The van der Waals surface area contributed by atoms with Crippen LogP contribution in [0.4, 0.5) is 0 Å². The van der Waals surface area contributed by atoms with E-state index in [1.54, 1.807) is 23.6 Å². The number of halogens is 1. The van der Waals surface area contributed by atoms with Crippen molar-refractivity contribution < 1.29 is 14.3 Å². The first-order valence-corrected chi connectivity index (χ1v) is 9.29. The lowest BCUT2D eigenvalue weighted by atomic mass is 9.91. The number of rotatable bonds is 6. The van der Waals surface area contributed by atoms with Crippen LogP contribution < -0.4 is 4.67 Å². The van der Waals surface area contributed by atoms with Crippen LogP contribution in [0.5, 0.6) is 0 Å². The van der Waals surface area contributed by atoms with Gasteiger partial charge in [-0.05, 0) is 35.1 Å². The molecule has 0 aromatic carbocycles. The molecule has 2 heterocycles. The third-order valence-corrected chi connectivity index (χ3v) is 5.13. The molecule has 5 nitrogen and oxygen atoms in total. The molecule has 0 bridgehead atoms. The lowest BCUT2D eigenvalue weighted by Crippen LogP contribution is -2.09. The van der Waals surface area contributed by atoms with E-state index in [0.29, 0.717) is 35.2 Å². The smallest absolute Gasteiger partial charge is 0.410 e. The zero-order valence-corrected chi connectivity index (χ0v) is 15.6. The number of aromatic nitrogens is 1. The molecule has 1 aliphatic carbocycles. The van der Waals surface area contributed by atoms with E-state index in [4.69, 9.17) is 16.3 Å². The van der Waals surface area contributed by atoms with Gasteiger partial charge >= 0.3 is 11.0 Å². The van der Waals surface area contributed by atoms with Crippen LogP contribution in [-0.4, -0.2) is 35.2 Å². The minimum Gasteiger partial charge on any atom is -0.484 e. The molecule has 0 fully saturated rings. The van der Waals surface area contributed by atoms with Crippen LogP contribution in [0, 0.1) is 5.92 Å². The summed E-state index contributed by atoms with van der Waals surface area (Å²) in [5, 5.41) is 3.19. The molecule has 2 aliphatic rings. The molecule has 0 amide bonds. The predicted molar refractivity (Wildman–Crippen MR) is 102 cm³/mol. The summed E-state index contributed by atoms with van der Waals surface area (Å²) in [4.78, 5) is 28.2. The molecule has 0 spiro atoms. The number of carbonyl (C=O) groups excluding carboxylic acids is 2. The fourth-order valence-electron chi connectivity index (χ4n) is 2.91. The number of allylic oxidation sites excluding steroid dienone is 5. The van der Waals surface area contributed by atoms with Crippen molar-refractivity contribution in [3.05, 3.63) is 57.3 Å². The average Bonchev–Trinajstić information content (AvgIpc) is 3.10. The van der Waals surface area contributed by atoms with Crippen molar-refractivity contribution in [2.24, 2.45) is 5.92 Å². The van der Waals surface area contributed by atoms with Crippen molar-refractivity contribution in [1.82, 2.24) is 9.65 Å². The van der Waals surface area contributed by atoms with Gasteiger partial charge in [0.2, 0.25) is 0 Å². The normalized spacial score (nSPS) is 19.7. The molecule has 132 valence electrons. The summed E-state index contributed by atoms with van der Waals surface area (Å²) < 4.78 is 9.20. The third-order valence-electron chi connectivity index (χ3n) is 4.10. The number of thiazole rings is 1. The molecule has 0 N–H and O–H groups in total. The highest BCUT2D eigenvalue weighted by Crippen LogP contribution is 2.31. The second-order valence-electron chi connectivity index (χ2n) is 5.83. The maximum absolute atomic E-state index is 12.3. The van der Waals surface area contributed by atoms with Crippen LogP contribution in [0.25, 0.3) is 0 Å². The number of nitrogens with zero attached hydrogens (tertiary/aromatic N) is 2. The van der Waals surface area contributed by atoms with Gasteiger partial charge in [0.1, 0.15) is 0 Å². The Morgan fingerprint density at radius 1 is 1.46 bits per heavy atom. The number of aldehydes is 1. The molecule has 0 saturated carbocycles. The fourth-order valence-corrected chi connectivity index (χ4v) is 3.70. The van der Waals surface area contributed by atoms with Gasteiger partial charge in [-0.15, -0.1) is 11.3 Å². The van der Waals surface area contributed by atoms with Crippen molar-refractivity contribution in [2.75, 3.05) is 7.11 Å². The van der Waals surface area contributed by atoms with Gasteiger partial charge in [-0.1, -0.05) is 6.08 Å². The summed E-state index contributed by atoms with van der Waals surface area (Å²) in [6.07, 6.45) is 9.28. The number of aryl methyl sites for hydroxylation is 1. The number of hydrogen-bond acceptors (Lipinski definition) is 5. The van der Waals surface area contributed by atoms with E-state index in [1.165, 1.54) is 13.2 Å². The standard InChI is InChI=1S/C19H16ClN2O3S/c1-25-17-10-22-18(20)9-16(17)15-7-12(2-3-19-21-4-5-26-19)6-14(24)8-13(15)11-23/h4-5,7-9,11-12H,2-3,6H2,1H3/q+1. The van der Waals surface area contributed by atoms with Crippen molar-refractivity contribution in [3.8, 4) is 0 Å². The Hall–Kier alpha value is -2.49. The summed E-state index contributed by atoms with van der Waals surface area (Å²) in [7, 11) is 1.50. The molecule has 1 unspecified atom stereocenters. The largest absolute Gasteiger partial charge is 0.484 e. The Balaban J connectivity index is 1.96. The number of hydrogen-bond donors (Lipinski definition) is 0. The monoisotopic (exact) mass is 387 g/mol. The minimum absolute atomic E-state index is 0.0215. The van der Waals surface area contributed by atoms with Gasteiger partial charge < -0.3 is 4.74 Å². The highest BCUT2D eigenvalue weighted by atomic mass is 35.5. The van der Waals surface area contributed by atoms with Gasteiger partial charge in [0, 0.05) is 40.7 Å². The molecule has 1 aromatic rings. The van der Waals surface area contributed by atoms with Crippen LogP contribution in [-0.2, 0) is 20.7 Å². The quantitative estimate of drug-likeness (QED) is 0.555. The van der Waals surface area contributed by atoms with E-state index >= 15 is 0 Å². The summed E-state index contributed by atoms with van der Waals surface area (Å²) in [5.41, 5.74) is 1.52. The van der Waals surface area contributed by atoms with Crippen molar-refractivity contribution in [2.45, 2.75) is 19.3 Å². The van der Waals surface area contributed by atoms with Gasteiger partial charge in [0.05, 0.1) is 18.2 Å². The molecule has 1 aromatic heterocycles. The van der Waals surface area contributed by atoms with Gasteiger partial charge in [0.25, 0.3) is 5.76 Å². The Bertz CT molecular complexity index is 928. The Morgan fingerprint density at radius 3 is 3.00 bits per heavy atom. The lowest BCUT2D eigenvalue weighted by molar-refractivity contribution is -0.115. The fraction of sp³-hybridized carbons (Fsp3) is 0.263. The van der Waals surface area contributed by atoms with E-state index in [2.05, 4.69) is 15.5 Å². The van der Waals surface area contributed by atoms with E-state index < -0.39 is 0 Å². The van der Waals surface area contributed by atoms with Crippen LogP contribution >= 0.6 is 22.9 Å². The van der Waals surface area contributed by atoms with Crippen molar-refractivity contribution in [3.63, 3.8) is 0 Å². The number of methoxy groups -OCH3 is 1. The lowest BCUT2D eigenvalue weighted by Gasteiger charge is -2.13. The van der Waals surface area contributed by atoms with E-state index in [9.17, 15) is 9.59 Å². The zero-order valence-electron chi connectivity index (χ0n) is 14.1. The molecule has 1 aliphatic heterocycles. The average molecular weight is 388 g/mol. The molecule has 26 heavy (non-hydrogen) atoms.